The number of carboxylic acids is 1. The summed E-state index contributed by atoms with van der Waals surface area (Å²) < 4.78 is 39.1. The molecule has 1 aliphatic heterocycles. The van der Waals surface area contributed by atoms with Gasteiger partial charge < -0.3 is 15.0 Å². The van der Waals surface area contributed by atoms with Crippen LogP contribution in [0.25, 0.3) is 11.3 Å². The van der Waals surface area contributed by atoms with Crippen LogP contribution in [0.1, 0.15) is 15.5 Å². The quantitative estimate of drug-likeness (QED) is 0.866. The van der Waals surface area contributed by atoms with Gasteiger partial charge in [0.25, 0.3) is 5.91 Å². The first-order valence-corrected chi connectivity index (χ1v) is 8.24. The summed E-state index contributed by atoms with van der Waals surface area (Å²) in [4.78, 5) is 31.5. The van der Waals surface area contributed by atoms with Crippen LogP contribution in [-0.2, 0) is 4.79 Å². The minimum absolute atomic E-state index is 0.104. The van der Waals surface area contributed by atoms with Crippen molar-refractivity contribution in [2.75, 3.05) is 13.1 Å². The molecule has 0 spiro atoms. The zero-order valence-electron chi connectivity index (χ0n) is 13.0. The van der Waals surface area contributed by atoms with E-state index in [0.29, 0.717) is 11.3 Å². The number of carboxylic acid groups (broad SMARTS) is 1. The molecule has 1 aliphatic rings. The zero-order chi connectivity index (χ0) is 18.4. The Kier molecular flexibility index (Phi) is 4.31. The van der Waals surface area contributed by atoms with E-state index >= 15 is 0 Å². The highest BCUT2D eigenvalue weighted by Gasteiger charge is 2.53. The van der Waals surface area contributed by atoms with Gasteiger partial charge in [-0.1, -0.05) is 0 Å². The molecule has 2 atom stereocenters. The molecular weight excluding hydrogens is 359 g/mol. The van der Waals surface area contributed by atoms with Gasteiger partial charge in [0, 0.05) is 30.2 Å². The number of likely N-dealkylation sites (tertiary alicyclic amines) is 1. The average Bonchev–Trinajstić information content (AvgIpc) is 3.24. The highest BCUT2D eigenvalue weighted by molar-refractivity contribution is 7.09. The Hall–Kier alpha value is -2.36. The van der Waals surface area contributed by atoms with Crippen molar-refractivity contribution in [3.05, 3.63) is 28.3 Å². The summed E-state index contributed by atoms with van der Waals surface area (Å²) in [5.41, 5.74) is 1.41. The lowest BCUT2D eigenvalue weighted by Gasteiger charge is -2.18. The monoisotopic (exact) mass is 373 g/mol. The highest BCUT2D eigenvalue weighted by Crippen LogP contribution is 2.38. The molecule has 0 radical (unpaired) electrons. The van der Waals surface area contributed by atoms with Crippen molar-refractivity contribution in [1.29, 1.82) is 0 Å². The van der Waals surface area contributed by atoms with Crippen molar-refractivity contribution in [1.82, 2.24) is 14.9 Å². The Labute approximate surface area is 144 Å². The maximum atomic E-state index is 13.0. The molecule has 2 N–H and O–H groups in total. The van der Waals surface area contributed by atoms with Crippen LogP contribution in [0.2, 0.25) is 0 Å². The maximum Gasteiger partial charge on any atom is 0.394 e. The predicted octanol–water partition coefficient (Wildman–Crippen LogP) is 2.78. The van der Waals surface area contributed by atoms with Crippen molar-refractivity contribution >= 4 is 23.2 Å². The molecule has 3 heterocycles. The van der Waals surface area contributed by atoms with Gasteiger partial charge in [-0.25, -0.2) is 4.98 Å². The molecule has 0 aliphatic carbocycles. The highest BCUT2D eigenvalue weighted by atomic mass is 32.1. The summed E-state index contributed by atoms with van der Waals surface area (Å²) in [7, 11) is 0. The molecular formula is C15H14F3N3O3S. The fraction of sp³-hybridized carbons (Fsp3) is 0.400. The zero-order valence-corrected chi connectivity index (χ0v) is 13.8. The molecule has 1 fully saturated rings. The van der Waals surface area contributed by atoms with E-state index in [1.54, 1.807) is 6.20 Å². The van der Waals surface area contributed by atoms with Crippen molar-refractivity contribution in [2.45, 2.75) is 13.1 Å². The van der Waals surface area contributed by atoms with E-state index in [4.69, 9.17) is 5.11 Å². The third-order valence-corrected chi connectivity index (χ3v) is 4.95. The first-order chi connectivity index (χ1) is 11.7. The molecule has 25 heavy (non-hydrogen) atoms. The van der Waals surface area contributed by atoms with E-state index in [9.17, 15) is 22.8 Å². The second-order valence-electron chi connectivity index (χ2n) is 5.86. The average molecular weight is 373 g/mol. The number of rotatable bonds is 3. The minimum Gasteiger partial charge on any atom is -0.481 e. The number of hydrogen-bond acceptors (Lipinski definition) is 4. The standard InChI is InChI=1S/C15H14F3N3O3S/c1-7-20-12(6-25-7)8-2-11(19-3-8)13(22)21-4-9(14(23)24)10(5-21)15(16,17)18/h2-3,6,9-10,19H,4-5H2,1H3,(H,23,24)/t9-,10-/m1/s1. The molecule has 0 aromatic carbocycles. The van der Waals surface area contributed by atoms with Crippen LogP contribution in [0.4, 0.5) is 13.2 Å². The molecule has 6 nitrogen and oxygen atoms in total. The number of amides is 1. The first-order valence-electron chi connectivity index (χ1n) is 7.36. The normalized spacial score (nSPS) is 20.9. The fourth-order valence-electron chi connectivity index (χ4n) is 2.88. The lowest BCUT2D eigenvalue weighted by molar-refractivity contribution is -0.187. The molecule has 10 heteroatoms. The van der Waals surface area contributed by atoms with Gasteiger partial charge in [0.15, 0.2) is 0 Å². The number of hydrogen-bond donors (Lipinski definition) is 2. The number of H-pyrrole nitrogens is 1. The van der Waals surface area contributed by atoms with Crippen LogP contribution in [0.3, 0.4) is 0 Å². The topological polar surface area (TPSA) is 86.3 Å². The van der Waals surface area contributed by atoms with E-state index in [1.807, 2.05) is 12.3 Å². The summed E-state index contributed by atoms with van der Waals surface area (Å²) >= 11 is 1.44. The number of aliphatic carboxylic acids is 1. The number of thiazole rings is 1. The molecule has 1 saturated heterocycles. The summed E-state index contributed by atoms with van der Waals surface area (Å²) in [5.74, 6) is -5.93. The van der Waals surface area contributed by atoms with Gasteiger partial charge in [0.2, 0.25) is 0 Å². The van der Waals surface area contributed by atoms with Gasteiger partial charge >= 0.3 is 12.1 Å². The lowest BCUT2D eigenvalue weighted by atomic mass is 9.96. The molecule has 0 bridgehead atoms. The summed E-state index contributed by atoms with van der Waals surface area (Å²) in [6.45, 7) is 0.701. The molecule has 2 aromatic heterocycles. The Morgan fingerprint density at radius 1 is 1.40 bits per heavy atom. The van der Waals surface area contributed by atoms with Gasteiger partial charge in [-0.15, -0.1) is 11.3 Å². The Morgan fingerprint density at radius 2 is 2.12 bits per heavy atom. The number of carbonyl (C=O) groups is 2. The van der Waals surface area contributed by atoms with Crippen LogP contribution in [0.15, 0.2) is 17.6 Å². The third kappa shape index (κ3) is 3.39. The largest absolute Gasteiger partial charge is 0.481 e. The fourth-order valence-corrected chi connectivity index (χ4v) is 3.51. The first kappa shape index (κ1) is 17.5. The summed E-state index contributed by atoms with van der Waals surface area (Å²) in [6.07, 6.45) is -3.12. The van der Waals surface area contributed by atoms with Gasteiger partial charge in [0.1, 0.15) is 5.69 Å². The van der Waals surface area contributed by atoms with Crippen molar-refractivity contribution in [3.63, 3.8) is 0 Å². The van der Waals surface area contributed by atoms with Crippen LogP contribution in [0, 0.1) is 18.8 Å². The number of carbonyl (C=O) groups excluding carboxylic acids is 1. The molecule has 0 unspecified atom stereocenters. The second kappa shape index (κ2) is 6.17. The van der Waals surface area contributed by atoms with E-state index < -0.39 is 43.0 Å². The second-order valence-corrected chi connectivity index (χ2v) is 6.92. The van der Waals surface area contributed by atoms with Crippen LogP contribution >= 0.6 is 11.3 Å². The van der Waals surface area contributed by atoms with Crippen LogP contribution in [-0.4, -0.2) is 51.1 Å². The molecule has 0 saturated carbocycles. The van der Waals surface area contributed by atoms with Crippen molar-refractivity contribution in [3.8, 4) is 11.3 Å². The maximum absolute atomic E-state index is 13.0. The number of nitrogens with one attached hydrogen (secondary N) is 1. The van der Waals surface area contributed by atoms with Gasteiger partial charge in [-0.05, 0) is 13.0 Å². The van der Waals surface area contributed by atoms with Gasteiger partial charge in [0.05, 0.1) is 22.5 Å². The molecule has 134 valence electrons. The minimum atomic E-state index is -4.67. The SMILES string of the molecule is Cc1nc(-c2c[nH]c(C(=O)N3C[C@@H](C(F)(F)F)[C@H](C(=O)O)C3)c2)cs1. The van der Waals surface area contributed by atoms with Crippen LogP contribution in [0.5, 0.6) is 0 Å². The number of nitrogens with zero attached hydrogens (tertiary/aromatic N) is 2. The summed E-state index contributed by atoms with van der Waals surface area (Å²) in [6, 6.07) is 1.51. The summed E-state index contributed by atoms with van der Waals surface area (Å²) in [5, 5.41) is 11.7. The van der Waals surface area contributed by atoms with E-state index in [-0.39, 0.29) is 5.69 Å². The van der Waals surface area contributed by atoms with E-state index in [1.165, 1.54) is 17.4 Å². The molecule has 3 rings (SSSR count). The number of alkyl halides is 3. The number of aryl methyl sites for hydroxylation is 1. The smallest absolute Gasteiger partial charge is 0.394 e. The van der Waals surface area contributed by atoms with E-state index in [2.05, 4.69) is 9.97 Å². The molecule has 1 amide bonds. The number of aromatic amines is 1. The Balaban J connectivity index is 1.80. The van der Waals surface area contributed by atoms with Crippen molar-refractivity contribution < 1.29 is 27.9 Å². The Bertz CT molecular complexity index is 814. The Morgan fingerprint density at radius 3 is 2.64 bits per heavy atom. The lowest BCUT2D eigenvalue weighted by Crippen LogP contribution is -2.34. The number of halogens is 3. The van der Waals surface area contributed by atoms with Gasteiger partial charge in [-0.2, -0.15) is 13.2 Å². The van der Waals surface area contributed by atoms with Crippen LogP contribution < -0.4 is 0 Å². The molecule has 2 aromatic rings. The predicted molar refractivity (Wildman–Crippen MR) is 83.2 cm³/mol. The van der Waals surface area contributed by atoms with Gasteiger partial charge in [-0.3, -0.25) is 9.59 Å². The van der Waals surface area contributed by atoms with E-state index in [0.717, 1.165) is 9.91 Å². The third-order valence-electron chi connectivity index (χ3n) is 4.17. The number of aromatic nitrogens is 2. The van der Waals surface area contributed by atoms with Crippen molar-refractivity contribution in [2.24, 2.45) is 11.8 Å².